The summed E-state index contributed by atoms with van der Waals surface area (Å²) in [4.78, 5) is 3.73. The molecule has 3 saturated heterocycles. The molecular formula is C13H15BrN4S. The number of aromatic nitrogens is 3. The first-order valence-electron chi connectivity index (χ1n) is 6.69. The van der Waals surface area contributed by atoms with Gasteiger partial charge in [-0.2, -0.15) is 0 Å². The van der Waals surface area contributed by atoms with Crippen molar-refractivity contribution in [1.82, 2.24) is 19.9 Å². The summed E-state index contributed by atoms with van der Waals surface area (Å²) < 4.78 is 3.23. The Labute approximate surface area is 124 Å². The first-order chi connectivity index (χ1) is 9.29. The Balaban J connectivity index is 1.61. The average molecular weight is 339 g/mol. The zero-order valence-corrected chi connectivity index (χ0v) is 12.9. The molecular weight excluding hydrogens is 324 g/mol. The summed E-state index contributed by atoms with van der Waals surface area (Å²) in [5.41, 5.74) is 0.993. The van der Waals surface area contributed by atoms with Crippen molar-refractivity contribution in [3.63, 3.8) is 0 Å². The highest BCUT2D eigenvalue weighted by molar-refractivity contribution is 9.11. The summed E-state index contributed by atoms with van der Waals surface area (Å²) in [6, 6.07) is 4.68. The van der Waals surface area contributed by atoms with E-state index >= 15 is 0 Å². The molecule has 4 nitrogen and oxygen atoms in total. The van der Waals surface area contributed by atoms with Crippen LogP contribution >= 0.6 is 27.3 Å². The Bertz CT molecular complexity index is 585. The molecule has 3 fully saturated rings. The molecule has 0 N–H and O–H groups in total. The van der Waals surface area contributed by atoms with Gasteiger partial charge in [0, 0.05) is 6.54 Å². The maximum absolute atomic E-state index is 4.38. The minimum Gasteiger partial charge on any atom is -0.301 e. The lowest BCUT2D eigenvalue weighted by atomic mass is 9.84. The van der Waals surface area contributed by atoms with E-state index in [9.17, 15) is 0 Å². The van der Waals surface area contributed by atoms with Crippen LogP contribution in [-0.4, -0.2) is 39.5 Å². The lowest BCUT2D eigenvalue weighted by Crippen LogP contribution is -2.48. The number of hydrogen-bond donors (Lipinski definition) is 0. The second-order valence-corrected chi connectivity index (χ2v) is 7.86. The van der Waals surface area contributed by atoms with E-state index in [1.807, 2.05) is 0 Å². The van der Waals surface area contributed by atoms with Gasteiger partial charge in [-0.3, -0.25) is 0 Å². The van der Waals surface area contributed by atoms with Crippen LogP contribution in [0.3, 0.4) is 0 Å². The van der Waals surface area contributed by atoms with Crippen LogP contribution in [0.15, 0.2) is 22.1 Å². The van der Waals surface area contributed by atoms with Gasteiger partial charge in [0.1, 0.15) is 5.69 Å². The van der Waals surface area contributed by atoms with Gasteiger partial charge >= 0.3 is 0 Å². The molecule has 0 aliphatic carbocycles. The monoisotopic (exact) mass is 338 g/mol. The van der Waals surface area contributed by atoms with Gasteiger partial charge in [0.05, 0.1) is 20.9 Å². The number of nitrogens with zero attached hydrogens (tertiary/aromatic N) is 4. The normalized spacial score (nSPS) is 29.8. The Morgan fingerprint density at radius 1 is 1.26 bits per heavy atom. The molecule has 1 unspecified atom stereocenters. The molecule has 3 aliphatic heterocycles. The van der Waals surface area contributed by atoms with Crippen molar-refractivity contribution in [3.8, 4) is 10.6 Å². The van der Waals surface area contributed by atoms with Crippen molar-refractivity contribution in [2.45, 2.75) is 18.9 Å². The van der Waals surface area contributed by atoms with Crippen LogP contribution < -0.4 is 0 Å². The lowest BCUT2D eigenvalue weighted by molar-refractivity contribution is 0.0504. The zero-order chi connectivity index (χ0) is 12.8. The predicted molar refractivity (Wildman–Crippen MR) is 79.2 cm³/mol. The Kier molecular flexibility index (Phi) is 2.97. The van der Waals surface area contributed by atoms with Crippen molar-refractivity contribution in [2.75, 3.05) is 19.6 Å². The Morgan fingerprint density at radius 3 is 2.74 bits per heavy atom. The van der Waals surface area contributed by atoms with Crippen LogP contribution in [-0.2, 0) is 0 Å². The Hall–Kier alpha value is -0.720. The molecule has 5 rings (SSSR count). The van der Waals surface area contributed by atoms with Gasteiger partial charge in [0.15, 0.2) is 0 Å². The maximum Gasteiger partial charge on any atom is 0.123 e. The van der Waals surface area contributed by atoms with E-state index < -0.39 is 0 Å². The molecule has 1 atom stereocenters. The summed E-state index contributed by atoms with van der Waals surface area (Å²) in [5, 5.41) is 8.72. The highest BCUT2D eigenvalue weighted by atomic mass is 79.9. The van der Waals surface area contributed by atoms with Crippen LogP contribution in [0.1, 0.15) is 18.9 Å². The Morgan fingerprint density at radius 2 is 2.11 bits per heavy atom. The van der Waals surface area contributed by atoms with E-state index in [2.05, 4.69) is 54.2 Å². The molecule has 0 amide bonds. The molecule has 0 aromatic carbocycles. The van der Waals surface area contributed by atoms with Crippen molar-refractivity contribution in [2.24, 2.45) is 5.92 Å². The van der Waals surface area contributed by atoms with Gasteiger partial charge < -0.3 is 4.90 Å². The molecule has 2 bridgehead atoms. The van der Waals surface area contributed by atoms with E-state index in [-0.39, 0.29) is 0 Å². The molecule has 0 spiro atoms. The molecule has 0 radical (unpaired) electrons. The summed E-state index contributed by atoms with van der Waals surface area (Å²) in [5.74, 6) is 0.787. The number of rotatable bonds is 2. The molecule has 100 valence electrons. The third-order valence-corrected chi connectivity index (χ3v) is 5.94. The van der Waals surface area contributed by atoms with E-state index in [1.54, 1.807) is 11.3 Å². The molecule has 6 heteroatoms. The summed E-state index contributed by atoms with van der Waals surface area (Å²) >= 11 is 5.20. The van der Waals surface area contributed by atoms with Crippen LogP contribution in [0.4, 0.5) is 0 Å². The van der Waals surface area contributed by atoms with Crippen molar-refractivity contribution in [1.29, 1.82) is 0 Å². The summed E-state index contributed by atoms with van der Waals surface area (Å²) in [7, 11) is 0. The SMILES string of the molecule is Brc1ccc(-c2cn(C3CN4CCC3CC4)nn2)s1. The van der Waals surface area contributed by atoms with E-state index in [0.29, 0.717) is 6.04 Å². The van der Waals surface area contributed by atoms with Gasteiger partial charge in [-0.25, -0.2) is 4.68 Å². The number of piperidine rings is 3. The predicted octanol–water partition coefficient (Wildman–Crippen LogP) is 3.04. The van der Waals surface area contributed by atoms with Crippen molar-refractivity contribution in [3.05, 3.63) is 22.1 Å². The van der Waals surface area contributed by atoms with Gasteiger partial charge in [-0.15, -0.1) is 16.4 Å². The van der Waals surface area contributed by atoms with Crippen molar-refractivity contribution < 1.29 is 0 Å². The fraction of sp³-hybridized carbons (Fsp3) is 0.538. The standard InChI is InChI=1S/C13H15BrN4S/c14-13-2-1-12(19-13)10-7-18(16-15-10)11-8-17-5-3-9(11)4-6-17/h1-2,7,9,11H,3-6,8H2. The lowest BCUT2D eigenvalue weighted by Gasteiger charge is -2.44. The van der Waals surface area contributed by atoms with Crippen LogP contribution in [0.5, 0.6) is 0 Å². The minimum absolute atomic E-state index is 0.521. The molecule has 3 aliphatic rings. The average Bonchev–Trinajstić information content (AvgIpc) is 3.08. The van der Waals surface area contributed by atoms with Crippen LogP contribution in [0, 0.1) is 5.92 Å². The first-order valence-corrected chi connectivity index (χ1v) is 8.30. The second kappa shape index (κ2) is 4.68. The highest BCUT2D eigenvalue weighted by Crippen LogP contribution is 2.36. The first kappa shape index (κ1) is 12.1. The van der Waals surface area contributed by atoms with E-state index in [4.69, 9.17) is 0 Å². The molecule has 19 heavy (non-hydrogen) atoms. The fourth-order valence-electron chi connectivity index (χ4n) is 3.24. The van der Waals surface area contributed by atoms with Gasteiger partial charge in [0.25, 0.3) is 0 Å². The topological polar surface area (TPSA) is 34.0 Å². The zero-order valence-electron chi connectivity index (χ0n) is 10.5. The largest absolute Gasteiger partial charge is 0.301 e. The quantitative estimate of drug-likeness (QED) is 0.843. The van der Waals surface area contributed by atoms with E-state index in [1.165, 1.54) is 30.8 Å². The maximum atomic E-state index is 4.38. The van der Waals surface area contributed by atoms with Crippen molar-refractivity contribution >= 4 is 27.3 Å². The third-order valence-electron chi connectivity index (χ3n) is 4.30. The number of halogens is 1. The fourth-order valence-corrected chi connectivity index (χ4v) is 4.57. The van der Waals surface area contributed by atoms with Crippen LogP contribution in [0.25, 0.3) is 10.6 Å². The summed E-state index contributed by atoms with van der Waals surface area (Å²) in [6.45, 7) is 3.67. The van der Waals surface area contributed by atoms with Crippen LogP contribution in [0.2, 0.25) is 0 Å². The smallest absolute Gasteiger partial charge is 0.123 e. The van der Waals surface area contributed by atoms with Gasteiger partial charge in [-0.1, -0.05) is 5.21 Å². The van der Waals surface area contributed by atoms with Gasteiger partial charge in [-0.05, 0) is 59.9 Å². The minimum atomic E-state index is 0.521. The number of fused-ring (bicyclic) bond motifs is 3. The van der Waals surface area contributed by atoms with Gasteiger partial charge in [0.2, 0.25) is 0 Å². The number of hydrogen-bond acceptors (Lipinski definition) is 4. The molecule has 2 aromatic rings. The van der Waals surface area contributed by atoms with E-state index in [0.717, 1.165) is 21.9 Å². The molecule has 0 saturated carbocycles. The molecule has 5 heterocycles. The number of thiophene rings is 1. The highest BCUT2D eigenvalue weighted by Gasteiger charge is 2.35. The second-order valence-electron chi connectivity index (χ2n) is 5.39. The molecule has 2 aromatic heterocycles. The third kappa shape index (κ3) is 2.15. The summed E-state index contributed by atoms with van der Waals surface area (Å²) in [6.07, 6.45) is 4.74.